The van der Waals surface area contributed by atoms with Crippen molar-refractivity contribution in [2.45, 2.75) is 11.3 Å². The van der Waals surface area contributed by atoms with Gasteiger partial charge in [0.25, 0.3) is 0 Å². The molecule has 0 aliphatic heterocycles. The molecule has 1 aromatic carbocycles. The molecule has 0 fully saturated rings. The van der Waals surface area contributed by atoms with E-state index in [1.54, 1.807) is 4.72 Å². The molecule has 2 N–H and O–H groups in total. The van der Waals surface area contributed by atoms with E-state index in [9.17, 15) is 30.4 Å². The zero-order chi connectivity index (χ0) is 20.2. The van der Waals surface area contributed by atoms with E-state index in [2.05, 4.69) is 15.3 Å². The van der Waals surface area contributed by atoms with Gasteiger partial charge in [-0.2, -0.15) is 0 Å². The van der Waals surface area contributed by atoms with Crippen LogP contribution < -0.4 is 14.8 Å². The smallest absolute Gasteiger partial charge is 0.246 e. The van der Waals surface area contributed by atoms with Gasteiger partial charge >= 0.3 is 0 Å². The average molecular weight is 412 g/mol. The van der Waals surface area contributed by atoms with Crippen molar-refractivity contribution in [1.29, 1.82) is 0 Å². The summed E-state index contributed by atoms with van der Waals surface area (Å²) < 4.78 is 96.9. The van der Waals surface area contributed by atoms with Crippen molar-refractivity contribution in [2.75, 3.05) is 25.5 Å². The average Bonchev–Trinajstić information content (AvgIpc) is 2.64. The zero-order valence-electron chi connectivity index (χ0n) is 13.7. The second-order valence-corrected chi connectivity index (χ2v) is 6.73. The van der Waals surface area contributed by atoms with Gasteiger partial charge in [-0.1, -0.05) is 0 Å². The predicted molar refractivity (Wildman–Crippen MR) is 83.1 cm³/mol. The fourth-order valence-electron chi connectivity index (χ4n) is 1.95. The van der Waals surface area contributed by atoms with E-state index in [1.807, 2.05) is 0 Å². The first-order chi connectivity index (χ1) is 12.7. The molecule has 7 nitrogen and oxygen atoms in total. The van der Waals surface area contributed by atoms with Crippen LogP contribution in [0.1, 0.15) is 6.42 Å². The third kappa shape index (κ3) is 4.60. The standard InChI is InChI=1S/C14H13F5N4O3S/c1-26-8-5-7(21-6-22-8)20-3-2-4-23-27(24,25)14-12(18)10(16)9(15)11(17)13(14)19/h5-6,23H,2-4H2,1H3,(H,20,21,22). The highest BCUT2D eigenvalue weighted by Crippen LogP contribution is 2.26. The molecule has 0 unspecified atom stereocenters. The van der Waals surface area contributed by atoms with Crippen LogP contribution in [0, 0.1) is 29.1 Å². The number of rotatable bonds is 8. The molecule has 1 heterocycles. The van der Waals surface area contributed by atoms with Gasteiger partial charge in [-0.05, 0) is 6.42 Å². The van der Waals surface area contributed by atoms with E-state index in [0.717, 1.165) is 0 Å². The summed E-state index contributed by atoms with van der Waals surface area (Å²) in [6.07, 6.45) is 1.34. The number of nitrogens with one attached hydrogen (secondary N) is 2. The van der Waals surface area contributed by atoms with Crippen LogP contribution in [0.2, 0.25) is 0 Å². The molecule has 0 bridgehead atoms. The highest BCUT2D eigenvalue weighted by atomic mass is 32.2. The van der Waals surface area contributed by atoms with Crippen molar-refractivity contribution >= 4 is 15.8 Å². The van der Waals surface area contributed by atoms with Gasteiger partial charge in [0.1, 0.15) is 12.1 Å². The molecule has 0 saturated carbocycles. The fraction of sp³-hybridized carbons (Fsp3) is 0.286. The van der Waals surface area contributed by atoms with Gasteiger partial charge < -0.3 is 10.1 Å². The molecule has 1 aromatic heterocycles. The molecule has 0 atom stereocenters. The van der Waals surface area contributed by atoms with E-state index in [0.29, 0.717) is 11.7 Å². The lowest BCUT2D eigenvalue weighted by Crippen LogP contribution is -2.29. The molecule has 2 aromatic rings. The highest BCUT2D eigenvalue weighted by molar-refractivity contribution is 7.89. The number of aromatic nitrogens is 2. The summed E-state index contributed by atoms with van der Waals surface area (Å²) in [5.41, 5.74) is 0. The van der Waals surface area contributed by atoms with Crippen LogP contribution in [0.25, 0.3) is 0 Å². The number of hydrogen-bond acceptors (Lipinski definition) is 6. The largest absolute Gasteiger partial charge is 0.481 e. The van der Waals surface area contributed by atoms with Crippen molar-refractivity contribution in [3.05, 3.63) is 41.5 Å². The maximum Gasteiger partial charge on any atom is 0.246 e. The Hall–Kier alpha value is -2.54. The van der Waals surface area contributed by atoms with Gasteiger partial charge in [0, 0.05) is 19.2 Å². The van der Waals surface area contributed by atoms with Crippen LogP contribution in [-0.2, 0) is 10.0 Å². The van der Waals surface area contributed by atoms with Gasteiger partial charge in [-0.3, -0.25) is 0 Å². The third-order valence-electron chi connectivity index (χ3n) is 3.24. The van der Waals surface area contributed by atoms with E-state index >= 15 is 0 Å². The second-order valence-electron chi connectivity index (χ2n) is 5.02. The number of anilines is 1. The van der Waals surface area contributed by atoms with Gasteiger partial charge in [0.15, 0.2) is 28.2 Å². The van der Waals surface area contributed by atoms with Crippen LogP contribution >= 0.6 is 0 Å². The number of sulfonamides is 1. The Labute approximate surface area is 150 Å². The van der Waals surface area contributed by atoms with Crippen LogP contribution in [-0.4, -0.2) is 38.6 Å². The quantitative estimate of drug-likeness (QED) is 0.298. The summed E-state index contributed by atoms with van der Waals surface area (Å²) in [7, 11) is -3.56. The molecule has 0 radical (unpaired) electrons. The highest BCUT2D eigenvalue weighted by Gasteiger charge is 2.33. The number of nitrogens with zero attached hydrogens (tertiary/aromatic N) is 2. The maximum atomic E-state index is 13.6. The Bertz CT molecular complexity index is 914. The Balaban J connectivity index is 2.00. The maximum absolute atomic E-state index is 13.6. The minimum absolute atomic E-state index is 0.112. The Kier molecular flexibility index (Phi) is 6.49. The van der Waals surface area contributed by atoms with Gasteiger partial charge in [0.2, 0.25) is 21.7 Å². The Morgan fingerprint density at radius 1 is 0.963 bits per heavy atom. The zero-order valence-corrected chi connectivity index (χ0v) is 14.5. The third-order valence-corrected chi connectivity index (χ3v) is 4.72. The number of benzene rings is 1. The molecule has 2 rings (SSSR count). The van der Waals surface area contributed by atoms with Gasteiger partial charge in [-0.15, -0.1) is 0 Å². The van der Waals surface area contributed by atoms with Crippen molar-refractivity contribution < 1.29 is 35.1 Å². The summed E-state index contributed by atoms with van der Waals surface area (Å²) >= 11 is 0. The molecule has 0 amide bonds. The number of methoxy groups -OCH3 is 1. The summed E-state index contributed by atoms with van der Waals surface area (Å²) in [5.74, 6) is -11.3. The summed E-state index contributed by atoms with van der Waals surface area (Å²) in [4.78, 5) is 5.73. The van der Waals surface area contributed by atoms with Gasteiger partial charge in [-0.25, -0.2) is 45.1 Å². The van der Waals surface area contributed by atoms with E-state index in [-0.39, 0.29) is 19.5 Å². The first-order valence-electron chi connectivity index (χ1n) is 7.30. The van der Waals surface area contributed by atoms with Crippen molar-refractivity contribution in [1.82, 2.24) is 14.7 Å². The number of hydrogen-bond donors (Lipinski definition) is 2. The van der Waals surface area contributed by atoms with Crippen molar-refractivity contribution in [2.24, 2.45) is 0 Å². The first-order valence-corrected chi connectivity index (χ1v) is 8.78. The molecular formula is C14H13F5N4O3S. The minimum atomic E-state index is -4.96. The van der Waals surface area contributed by atoms with Crippen molar-refractivity contribution in [3.8, 4) is 5.88 Å². The Morgan fingerprint density at radius 2 is 1.56 bits per heavy atom. The molecular weight excluding hydrogens is 399 g/mol. The second kappa shape index (κ2) is 8.43. The molecule has 13 heteroatoms. The number of ether oxygens (including phenoxy) is 1. The van der Waals surface area contributed by atoms with Crippen LogP contribution in [0.4, 0.5) is 27.8 Å². The minimum Gasteiger partial charge on any atom is -0.481 e. The normalized spacial score (nSPS) is 11.5. The topological polar surface area (TPSA) is 93.2 Å². The molecule has 0 aliphatic carbocycles. The van der Waals surface area contributed by atoms with E-state index in [4.69, 9.17) is 4.74 Å². The lowest BCUT2D eigenvalue weighted by Gasteiger charge is -2.11. The van der Waals surface area contributed by atoms with E-state index in [1.165, 1.54) is 19.5 Å². The van der Waals surface area contributed by atoms with Crippen LogP contribution in [0.5, 0.6) is 5.88 Å². The lowest BCUT2D eigenvalue weighted by molar-refractivity contribution is 0.357. The van der Waals surface area contributed by atoms with Crippen molar-refractivity contribution in [3.63, 3.8) is 0 Å². The number of halogens is 5. The Morgan fingerprint density at radius 3 is 2.15 bits per heavy atom. The fourth-order valence-corrected chi connectivity index (χ4v) is 3.16. The predicted octanol–water partition coefficient (Wildman–Crippen LogP) is 1.96. The SMILES string of the molecule is COc1cc(NCCCNS(=O)(=O)c2c(F)c(F)c(F)c(F)c2F)ncn1. The summed E-state index contributed by atoms with van der Waals surface area (Å²) in [5, 5.41) is 2.81. The molecule has 27 heavy (non-hydrogen) atoms. The van der Waals surface area contributed by atoms with E-state index < -0.39 is 44.0 Å². The van der Waals surface area contributed by atoms with Gasteiger partial charge in [0.05, 0.1) is 7.11 Å². The summed E-state index contributed by atoms with van der Waals surface area (Å²) in [6, 6.07) is 1.47. The molecule has 148 valence electrons. The monoisotopic (exact) mass is 412 g/mol. The van der Waals surface area contributed by atoms with Crippen LogP contribution in [0.3, 0.4) is 0 Å². The summed E-state index contributed by atoms with van der Waals surface area (Å²) in [6.45, 7) is -0.156. The molecule has 0 aliphatic rings. The molecule has 0 spiro atoms. The lowest BCUT2D eigenvalue weighted by atomic mass is 10.3. The molecule has 0 saturated heterocycles. The van der Waals surface area contributed by atoms with Crippen LogP contribution in [0.15, 0.2) is 17.3 Å². The first kappa shape index (κ1) is 20.8.